The second-order valence-electron chi connectivity index (χ2n) is 0.0833. The number of hydrogen-bond acceptors (Lipinski definition) is 2. The first-order valence-corrected chi connectivity index (χ1v) is 1.22. The molecule has 0 aromatic rings. The Morgan fingerprint density at radius 1 is 1.25 bits per heavy atom. The van der Waals surface area contributed by atoms with Crippen molar-refractivity contribution in [3.8, 4) is 0 Å². The summed E-state index contributed by atoms with van der Waals surface area (Å²) in [7, 11) is -1.42. The van der Waals surface area contributed by atoms with Crippen LogP contribution in [-0.2, 0) is 8.92 Å². The van der Waals surface area contributed by atoms with Gasteiger partial charge in [0.1, 0.15) is 0 Å². The number of rotatable bonds is 0. The third-order valence-corrected chi connectivity index (χ3v) is 0. The first-order valence-electron chi connectivity index (χ1n) is 0.408. The van der Waals surface area contributed by atoms with Crippen molar-refractivity contribution in [1.82, 2.24) is 0 Å². The minimum Gasteiger partial charge on any atom is -0.274 e. The summed E-state index contributed by atoms with van der Waals surface area (Å²) in [4.78, 5) is 0. The first-order chi connectivity index (χ1) is 1.41. The zero-order chi connectivity index (χ0) is 2.71. The molecule has 0 spiro atoms. The summed E-state index contributed by atoms with van der Waals surface area (Å²) in [5, 5.41) is 0. The minimum absolute atomic E-state index is 0. The van der Waals surface area contributed by atoms with E-state index in [1.807, 2.05) is 0 Å². The van der Waals surface area contributed by atoms with E-state index in [9.17, 15) is 0 Å². The van der Waals surface area contributed by atoms with E-state index in [2.05, 4.69) is 0 Å². The summed E-state index contributed by atoms with van der Waals surface area (Å²) in [6.07, 6.45) is 0. The standard InChI is InChI=1S/Ge.O2Si/c;1-3-2. The molecular formula is GeO2Si. The van der Waals surface area contributed by atoms with Gasteiger partial charge in [0.05, 0.1) is 0 Å². The molecule has 0 aliphatic heterocycles. The predicted octanol–water partition coefficient (Wildman–Crippen LogP) is -0.999. The maximum absolute atomic E-state index is 8.40. The van der Waals surface area contributed by atoms with Crippen LogP contribution in [0.25, 0.3) is 0 Å². The van der Waals surface area contributed by atoms with Crippen molar-refractivity contribution in [2.45, 2.75) is 0 Å². The van der Waals surface area contributed by atoms with Gasteiger partial charge >= 0.3 is 9.29 Å². The van der Waals surface area contributed by atoms with E-state index in [4.69, 9.17) is 8.92 Å². The van der Waals surface area contributed by atoms with Crippen LogP contribution in [0.2, 0.25) is 0 Å². The molecule has 0 rings (SSSR count). The molecule has 0 aliphatic carbocycles. The third-order valence-electron chi connectivity index (χ3n) is 0. The molecule has 0 N–H and O–H groups in total. The molecule has 4 heavy (non-hydrogen) atoms. The van der Waals surface area contributed by atoms with E-state index in [1.165, 1.54) is 0 Å². The molecule has 0 aromatic heterocycles. The Hall–Kier alpha value is 0.360. The molecule has 0 aliphatic rings. The first kappa shape index (κ1) is 8.84. The molecule has 0 aromatic carbocycles. The fraction of sp³-hybridized carbons (Fsp3) is 0. The third kappa shape index (κ3) is 33.7. The van der Waals surface area contributed by atoms with Crippen molar-refractivity contribution >= 4 is 26.9 Å². The molecule has 4 heteroatoms. The van der Waals surface area contributed by atoms with Crippen LogP contribution in [-0.4, -0.2) is 26.9 Å². The van der Waals surface area contributed by atoms with E-state index in [-0.39, 0.29) is 17.6 Å². The molecule has 0 heterocycles. The van der Waals surface area contributed by atoms with Gasteiger partial charge in [0.25, 0.3) is 0 Å². The minimum atomic E-state index is -1.42. The number of hydrogen-bond donors (Lipinski definition) is 0. The van der Waals surface area contributed by atoms with Gasteiger partial charge < -0.3 is 0 Å². The van der Waals surface area contributed by atoms with Crippen LogP contribution in [0.5, 0.6) is 0 Å². The van der Waals surface area contributed by atoms with Gasteiger partial charge in [-0.3, -0.25) is 8.92 Å². The fourth-order valence-corrected chi connectivity index (χ4v) is 0. The van der Waals surface area contributed by atoms with Crippen LogP contribution < -0.4 is 0 Å². The summed E-state index contributed by atoms with van der Waals surface area (Å²) in [6, 6.07) is 0. The van der Waals surface area contributed by atoms with Gasteiger partial charge in [-0.2, -0.15) is 0 Å². The molecule has 0 atom stereocenters. The van der Waals surface area contributed by atoms with Gasteiger partial charge in [0.15, 0.2) is 0 Å². The molecule has 0 bridgehead atoms. The predicted molar refractivity (Wildman–Crippen MR) is 12.9 cm³/mol. The second kappa shape index (κ2) is 10.1. The van der Waals surface area contributed by atoms with Gasteiger partial charge in [-0.25, -0.2) is 0 Å². The molecule has 2 nitrogen and oxygen atoms in total. The van der Waals surface area contributed by atoms with Crippen LogP contribution in [0.3, 0.4) is 0 Å². The van der Waals surface area contributed by atoms with Crippen molar-refractivity contribution in [3.05, 3.63) is 0 Å². The maximum atomic E-state index is 8.40. The van der Waals surface area contributed by atoms with Crippen LogP contribution in [0.4, 0.5) is 0 Å². The zero-order valence-corrected chi connectivity index (χ0v) is 4.91. The molecule has 0 saturated carbocycles. The molecule has 4 radical (unpaired) electrons. The van der Waals surface area contributed by atoms with E-state index < -0.39 is 9.29 Å². The van der Waals surface area contributed by atoms with Gasteiger partial charge in [-0.1, -0.05) is 0 Å². The Bertz CT molecular complexity index is 27.0. The Kier molecular flexibility index (Phi) is 22.4. The second-order valence-corrected chi connectivity index (χ2v) is 0.250. The quantitative estimate of drug-likeness (QED) is 0.397. The van der Waals surface area contributed by atoms with Crippen LogP contribution in [0, 0.1) is 0 Å². The monoisotopic (exact) mass is 134 g/mol. The maximum Gasteiger partial charge on any atom is 0.549 e. The Morgan fingerprint density at radius 2 is 1.25 bits per heavy atom. The van der Waals surface area contributed by atoms with E-state index in [1.54, 1.807) is 0 Å². The van der Waals surface area contributed by atoms with Gasteiger partial charge in [-0.15, -0.1) is 0 Å². The smallest absolute Gasteiger partial charge is 0.274 e. The topological polar surface area (TPSA) is 34.1 Å². The molecule has 0 fully saturated rings. The Morgan fingerprint density at radius 3 is 1.25 bits per heavy atom. The summed E-state index contributed by atoms with van der Waals surface area (Å²) in [5.41, 5.74) is 0. The van der Waals surface area contributed by atoms with E-state index in [0.717, 1.165) is 0 Å². The zero-order valence-electron chi connectivity index (χ0n) is 1.82. The molecule has 0 saturated heterocycles. The fourth-order valence-electron chi connectivity index (χ4n) is 0. The SMILES string of the molecule is O=[Si]=O.[Ge]. The Balaban J connectivity index is 0. The molecular weight excluding hydrogens is 133 g/mol. The van der Waals surface area contributed by atoms with E-state index >= 15 is 0 Å². The van der Waals surface area contributed by atoms with E-state index in [0.29, 0.717) is 0 Å². The summed E-state index contributed by atoms with van der Waals surface area (Å²) >= 11 is 0. The largest absolute Gasteiger partial charge is 0.549 e. The normalized spacial score (nSPS) is 2.00. The Labute approximate surface area is 36.5 Å². The molecule has 0 amide bonds. The van der Waals surface area contributed by atoms with Crippen molar-refractivity contribution in [1.29, 1.82) is 0 Å². The van der Waals surface area contributed by atoms with Crippen molar-refractivity contribution in [2.75, 3.05) is 0 Å². The van der Waals surface area contributed by atoms with Crippen molar-refractivity contribution in [2.24, 2.45) is 0 Å². The van der Waals surface area contributed by atoms with Crippen LogP contribution >= 0.6 is 0 Å². The van der Waals surface area contributed by atoms with Crippen molar-refractivity contribution in [3.63, 3.8) is 0 Å². The summed E-state index contributed by atoms with van der Waals surface area (Å²) < 4.78 is 16.8. The molecule has 20 valence electrons. The van der Waals surface area contributed by atoms with Gasteiger partial charge in [0.2, 0.25) is 0 Å². The molecule has 0 unspecified atom stereocenters. The average Bonchev–Trinajstić information content (AvgIpc) is 0.918. The van der Waals surface area contributed by atoms with Gasteiger partial charge in [0, 0.05) is 17.6 Å². The van der Waals surface area contributed by atoms with Gasteiger partial charge in [-0.05, 0) is 0 Å². The van der Waals surface area contributed by atoms with Crippen LogP contribution in [0.1, 0.15) is 0 Å². The van der Waals surface area contributed by atoms with Crippen LogP contribution in [0.15, 0.2) is 0 Å². The van der Waals surface area contributed by atoms with Crippen molar-refractivity contribution < 1.29 is 8.92 Å². The summed E-state index contributed by atoms with van der Waals surface area (Å²) in [5.74, 6) is 0. The average molecular weight is 133 g/mol. The summed E-state index contributed by atoms with van der Waals surface area (Å²) in [6.45, 7) is 0.